The van der Waals surface area contributed by atoms with Gasteiger partial charge in [-0.1, -0.05) is 50.2 Å². The highest BCUT2D eigenvalue weighted by atomic mass is 16.2. The average Bonchev–Trinajstić information content (AvgIpc) is 2.58. The molecule has 0 atom stereocenters. The van der Waals surface area contributed by atoms with Crippen molar-refractivity contribution in [3.05, 3.63) is 59.2 Å². The van der Waals surface area contributed by atoms with Crippen molar-refractivity contribution in [1.29, 1.82) is 0 Å². The van der Waals surface area contributed by atoms with Crippen LogP contribution in [0.2, 0.25) is 0 Å². The number of rotatable bonds is 6. The maximum atomic E-state index is 12.4. The monoisotopic (exact) mass is 352 g/mol. The predicted octanol–water partition coefficient (Wildman–Crippen LogP) is 4.81. The zero-order valence-electron chi connectivity index (χ0n) is 16.3. The maximum Gasteiger partial charge on any atom is 0.226 e. The summed E-state index contributed by atoms with van der Waals surface area (Å²) in [5.74, 6) is 0.158. The van der Waals surface area contributed by atoms with Gasteiger partial charge in [-0.15, -0.1) is 0 Å². The fourth-order valence-corrected chi connectivity index (χ4v) is 3.10. The second-order valence-corrected chi connectivity index (χ2v) is 6.95. The van der Waals surface area contributed by atoms with Crippen molar-refractivity contribution in [2.24, 2.45) is 0 Å². The standard InChI is InChI=1S/C22H28N2O2/c1-15(2)19-11-6-7-12-20(19)24(18(5)25)14-13-21(26)23-22-16(3)9-8-10-17(22)4/h6-12,15H,13-14H2,1-5H3,(H,23,26). The van der Waals surface area contributed by atoms with E-state index in [-0.39, 0.29) is 18.2 Å². The molecule has 26 heavy (non-hydrogen) atoms. The summed E-state index contributed by atoms with van der Waals surface area (Å²) in [5.41, 5.74) is 4.92. The van der Waals surface area contributed by atoms with Crippen LogP contribution in [0, 0.1) is 13.8 Å². The molecule has 0 radical (unpaired) electrons. The first kappa shape index (κ1) is 19.7. The molecule has 0 aliphatic carbocycles. The minimum atomic E-state index is -0.0873. The summed E-state index contributed by atoms with van der Waals surface area (Å²) in [4.78, 5) is 26.3. The van der Waals surface area contributed by atoms with E-state index in [4.69, 9.17) is 0 Å². The summed E-state index contributed by atoms with van der Waals surface area (Å²) >= 11 is 0. The number of hydrogen-bond acceptors (Lipinski definition) is 2. The van der Waals surface area contributed by atoms with Crippen LogP contribution in [-0.4, -0.2) is 18.4 Å². The van der Waals surface area contributed by atoms with E-state index in [1.54, 1.807) is 11.8 Å². The quantitative estimate of drug-likeness (QED) is 0.811. The molecule has 2 amide bonds. The van der Waals surface area contributed by atoms with E-state index in [9.17, 15) is 9.59 Å². The van der Waals surface area contributed by atoms with E-state index in [1.165, 1.54) is 0 Å². The summed E-state index contributed by atoms with van der Waals surface area (Å²) < 4.78 is 0. The number of para-hydroxylation sites is 2. The topological polar surface area (TPSA) is 49.4 Å². The molecule has 138 valence electrons. The van der Waals surface area contributed by atoms with Crippen LogP contribution >= 0.6 is 0 Å². The molecule has 4 nitrogen and oxygen atoms in total. The van der Waals surface area contributed by atoms with E-state index in [1.807, 2.05) is 56.3 Å². The minimum absolute atomic E-state index is 0.0574. The number of nitrogens with zero attached hydrogens (tertiary/aromatic N) is 1. The van der Waals surface area contributed by atoms with Crippen molar-refractivity contribution in [3.8, 4) is 0 Å². The molecule has 0 unspecified atom stereocenters. The van der Waals surface area contributed by atoms with Crippen molar-refractivity contribution in [2.45, 2.75) is 47.0 Å². The number of hydrogen-bond donors (Lipinski definition) is 1. The molecule has 0 spiro atoms. The van der Waals surface area contributed by atoms with E-state index < -0.39 is 0 Å². The van der Waals surface area contributed by atoms with Crippen molar-refractivity contribution in [3.63, 3.8) is 0 Å². The zero-order valence-corrected chi connectivity index (χ0v) is 16.3. The van der Waals surface area contributed by atoms with E-state index in [2.05, 4.69) is 19.2 Å². The van der Waals surface area contributed by atoms with Crippen LogP contribution in [0.1, 0.15) is 49.8 Å². The molecule has 0 saturated carbocycles. The Labute approximate surface area is 156 Å². The van der Waals surface area contributed by atoms with Crippen molar-refractivity contribution in [1.82, 2.24) is 0 Å². The Morgan fingerprint density at radius 1 is 1.00 bits per heavy atom. The lowest BCUT2D eigenvalue weighted by Gasteiger charge is -2.25. The van der Waals surface area contributed by atoms with Crippen LogP contribution in [0.5, 0.6) is 0 Å². The van der Waals surface area contributed by atoms with Gasteiger partial charge in [0.2, 0.25) is 11.8 Å². The third kappa shape index (κ3) is 4.72. The van der Waals surface area contributed by atoms with Gasteiger partial charge in [0.1, 0.15) is 0 Å². The number of benzene rings is 2. The molecule has 0 fully saturated rings. The van der Waals surface area contributed by atoms with E-state index in [0.717, 1.165) is 28.1 Å². The lowest BCUT2D eigenvalue weighted by molar-refractivity contribution is -0.117. The molecule has 0 aromatic heterocycles. The molecule has 4 heteroatoms. The van der Waals surface area contributed by atoms with Gasteiger partial charge in [0.15, 0.2) is 0 Å². The average molecular weight is 352 g/mol. The summed E-state index contributed by atoms with van der Waals surface area (Å²) in [6.45, 7) is 10.1. The summed E-state index contributed by atoms with van der Waals surface area (Å²) in [7, 11) is 0. The lowest BCUT2D eigenvalue weighted by atomic mass is 10.0. The summed E-state index contributed by atoms with van der Waals surface area (Å²) in [6.07, 6.45) is 0.250. The summed E-state index contributed by atoms with van der Waals surface area (Å²) in [6, 6.07) is 13.8. The summed E-state index contributed by atoms with van der Waals surface area (Å²) in [5, 5.41) is 2.98. The Hall–Kier alpha value is -2.62. The third-order valence-corrected chi connectivity index (χ3v) is 4.54. The van der Waals surface area contributed by atoms with Crippen LogP contribution in [0.25, 0.3) is 0 Å². The SMILES string of the molecule is CC(=O)N(CCC(=O)Nc1c(C)cccc1C)c1ccccc1C(C)C. The van der Waals surface area contributed by atoms with Crippen molar-refractivity contribution >= 4 is 23.2 Å². The molecular formula is C22H28N2O2. The third-order valence-electron chi connectivity index (χ3n) is 4.54. The maximum absolute atomic E-state index is 12.4. The molecule has 0 saturated heterocycles. The Bertz CT molecular complexity index is 776. The molecule has 2 aromatic rings. The number of anilines is 2. The van der Waals surface area contributed by atoms with Crippen LogP contribution in [-0.2, 0) is 9.59 Å². The highest BCUT2D eigenvalue weighted by molar-refractivity contribution is 5.96. The van der Waals surface area contributed by atoms with Gasteiger partial charge in [0.25, 0.3) is 0 Å². The van der Waals surface area contributed by atoms with Gasteiger partial charge in [-0.05, 0) is 42.5 Å². The number of aryl methyl sites for hydroxylation is 2. The Balaban J connectivity index is 2.12. The Kier molecular flexibility index (Phi) is 6.56. The van der Waals surface area contributed by atoms with Crippen LogP contribution in [0.4, 0.5) is 11.4 Å². The fraction of sp³-hybridized carbons (Fsp3) is 0.364. The smallest absolute Gasteiger partial charge is 0.226 e. The van der Waals surface area contributed by atoms with Gasteiger partial charge in [0.05, 0.1) is 0 Å². The van der Waals surface area contributed by atoms with E-state index >= 15 is 0 Å². The first-order chi connectivity index (χ1) is 12.3. The van der Waals surface area contributed by atoms with Gasteiger partial charge in [-0.2, -0.15) is 0 Å². The highest BCUT2D eigenvalue weighted by Crippen LogP contribution is 2.28. The molecule has 2 aromatic carbocycles. The van der Waals surface area contributed by atoms with Gasteiger partial charge >= 0.3 is 0 Å². The Morgan fingerprint density at radius 2 is 1.62 bits per heavy atom. The molecule has 1 N–H and O–H groups in total. The largest absolute Gasteiger partial charge is 0.326 e. The van der Waals surface area contributed by atoms with Gasteiger partial charge < -0.3 is 10.2 Å². The first-order valence-corrected chi connectivity index (χ1v) is 9.04. The van der Waals surface area contributed by atoms with Crippen LogP contribution in [0.15, 0.2) is 42.5 Å². The fourth-order valence-electron chi connectivity index (χ4n) is 3.10. The molecule has 0 heterocycles. The lowest BCUT2D eigenvalue weighted by Crippen LogP contribution is -2.33. The first-order valence-electron chi connectivity index (χ1n) is 9.04. The second kappa shape index (κ2) is 8.65. The van der Waals surface area contributed by atoms with Crippen molar-refractivity contribution < 1.29 is 9.59 Å². The van der Waals surface area contributed by atoms with Crippen LogP contribution in [0.3, 0.4) is 0 Å². The highest BCUT2D eigenvalue weighted by Gasteiger charge is 2.18. The predicted molar refractivity (Wildman–Crippen MR) is 108 cm³/mol. The second-order valence-electron chi connectivity index (χ2n) is 6.95. The number of nitrogens with one attached hydrogen (secondary N) is 1. The van der Waals surface area contributed by atoms with Crippen LogP contribution < -0.4 is 10.2 Å². The van der Waals surface area contributed by atoms with E-state index in [0.29, 0.717) is 12.5 Å². The zero-order chi connectivity index (χ0) is 19.3. The van der Waals surface area contributed by atoms with Gasteiger partial charge in [-0.3, -0.25) is 9.59 Å². The normalized spacial score (nSPS) is 10.7. The molecule has 0 bridgehead atoms. The minimum Gasteiger partial charge on any atom is -0.326 e. The van der Waals surface area contributed by atoms with Gasteiger partial charge in [-0.25, -0.2) is 0 Å². The number of amides is 2. The van der Waals surface area contributed by atoms with Crippen molar-refractivity contribution in [2.75, 3.05) is 16.8 Å². The molecular weight excluding hydrogens is 324 g/mol. The Morgan fingerprint density at radius 3 is 2.19 bits per heavy atom. The molecule has 0 aliphatic rings. The number of carbonyl (C=O) groups is 2. The van der Waals surface area contributed by atoms with Gasteiger partial charge in [0, 0.05) is 31.3 Å². The molecule has 0 aliphatic heterocycles. The molecule has 2 rings (SSSR count). The number of carbonyl (C=O) groups excluding carboxylic acids is 2.